The summed E-state index contributed by atoms with van der Waals surface area (Å²) in [6, 6.07) is -0.170. The molecule has 0 aromatic carbocycles. The number of nitrogens with zero attached hydrogens (tertiary/aromatic N) is 1. The number of nitrogens with one attached hydrogen (secondary N) is 1. The second-order valence-corrected chi connectivity index (χ2v) is 5.74. The van der Waals surface area contributed by atoms with Crippen LogP contribution in [0.15, 0.2) is 0 Å². The van der Waals surface area contributed by atoms with E-state index in [0.29, 0.717) is 0 Å². The van der Waals surface area contributed by atoms with Crippen LogP contribution >= 0.6 is 0 Å². The highest BCUT2D eigenvalue weighted by Crippen LogP contribution is 2.18. The Hall–Kier alpha value is -1.06. The lowest BCUT2D eigenvalue weighted by molar-refractivity contribution is -0.148. The number of amides is 2. The molecule has 1 saturated heterocycles. The first-order valence-corrected chi connectivity index (χ1v) is 7.61. The zero-order chi connectivity index (χ0) is 14.4. The van der Waals surface area contributed by atoms with E-state index in [9.17, 15) is 9.59 Å². The van der Waals surface area contributed by atoms with Crippen LogP contribution in [0.2, 0.25) is 0 Å². The molecule has 0 saturated carbocycles. The third-order valence-corrected chi connectivity index (χ3v) is 4.15. The van der Waals surface area contributed by atoms with Gasteiger partial charge in [-0.15, -0.1) is 0 Å². The molecule has 0 spiro atoms. The number of unbranched alkanes of at least 4 members (excludes halogenated alkanes) is 2. The summed E-state index contributed by atoms with van der Waals surface area (Å²) in [5.74, 6) is 0.271. The Morgan fingerprint density at radius 2 is 1.95 bits per heavy atom. The lowest BCUT2D eigenvalue weighted by Crippen LogP contribution is -2.62. The maximum Gasteiger partial charge on any atom is 0.246 e. The van der Waals surface area contributed by atoms with Crippen molar-refractivity contribution in [3.8, 4) is 0 Å². The number of rotatable bonds is 7. The fourth-order valence-electron chi connectivity index (χ4n) is 2.53. The molecule has 1 fully saturated rings. The van der Waals surface area contributed by atoms with Crippen LogP contribution in [0.5, 0.6) is 0 Å². The predicted molar refractivity (Wildman–Crippen MR) is 76.7 cm³/mol. The topological polar surface area (TPSA) is 49.4 Å². The van der Waals surface area contributed by atoms with Crippen molar-refractivity contribution in [1.29, 1.82) is 0 Å². The van der Waals surface area contributed by atoms with E-state index in [1.807, 2.05) is 13.8 Å². The molecular formula is C15H28N2O2. The summed E-state index contributed by atoms with van der Waals surface area (Å²) < 4.78 is 0. The van der Waals surface area contributed by atoms with E-state index >= 15 is 0 Å². The molecule has 0 radical (unpaired) electrons. The molecule has 2 amide bonds. The van der Waals surface area contributed by atoms with E-state index in [1.165, 1.54) is 12.8 Å². The number of hydrogen-bond acceptors (Lipinski definition) is 2. The van der Waals surface area contributed by atoms with Gasteiger partial charge in [-0.3, -0.25) is 9.59 Å². The quantitative estimate of drug-likeness (QED) is 0.720. The second kappa shape index (κ2) is 7.51. The SMILES string of the molecule is CCCCCC(C)N1CC(=O)NC(C(C)CC)C1=O. The van der Waals surface area contributed by atoms with Crippen molar-refractivity contribution in [2.45, 2.75) is 71.9 Å². The molecule has 0 bridgehead atoms. The molecule has 0 aromatic heterocycles. The molecular weight excluding hydrogens is 240 g/mol. The lowest BCUT2D eigenvalue weighted by Gasteiger charge is -2.38. The number of hydrogen-bond donors (Lipinski definition) is 1. The third kappa shape index (κ3) is 4.22. The van der Waals surface area contributed by atoms with Crippen molar-refractivity contribution < 1.29 is 9.59 Å². The van der Waals surface area contributed by atoms with Crippen molar-refractivity contribution in [2.24, 2.45) is 5.92 Å². The van der Waals surface area contributed by atoms with Crippen molar-refractivity contribution in [1.82, 2.24) is 10.2 Å². The lowest BCUT2D eigenvalue weighted by atomic mass is 9.95. The highest BCUT2D eigenvalue weighted by molar-refractivity contribution is 5.95. The van der Waals surface area contributed by atoms with Crippen molar-refractivity contribution in [3.05, 3.63) is 0 Å². The highest BCUT2D eigenvalue weighted by Gasteiger charge is 2.37. The third-order valence-electron chi connectivity index (χ3n) is 4.15. The summed E-state index contributed by atoms with van der Waals surface area (Å²) in [6.45, 7) is 8.52. The Balaban J connectivity index is 2.65. The van der Waals surface area contributed by atoms with Crippen molar-refractivity contribution >= 4 is 11.8 Å². The van der Waals surface area contributed by atoms with Crippen LogP contribution < -0.4 is 5.32 Å². The van der Waals surface area contributed by atoms with Gasteiger partial charge in [0.15, 0.2) is 0 Å². The summed E-state index contributed by atoms with van der Waals surface area (Å²) in [7, 11) is 0. The van der Waals surface area contributed by atoms with Gasteiger partial charge in [-0.25, -0.2) is 0 Å². The van der Waals surface area contributed by atoms with Gasteiger partial charge in [0.25, 0.3) is 0 Å². The molecule has 0 aromatic rings. The molecule has 3 unspecified atom stereocenters. The van der Waals surface area contributed by atoms with Gasteiger partial charge in [0, 0.05) is 6.04 Å². The van der Waals surface area contributed by atoms with Gasteiger partial charge in [0.2, 0.25) is 11.8 Å². The van der Waals surface area contributed by atoms with Gasteiger partial charge >= 0.3 is 0 Å². The zero-order valence-corrected chi connectivity index (χ0v) is 12.7. The van der Waals surface area contributed by atoms with Gasteiger partial charge in [0.1, 0.15) is 6.04 Å². The average Bonchev–Trinajstić information content (AvgIpc) is 2.40. The van der Waals surface area contributed by atoms with E-state index in [1.54, 1.807) is 4.90 Å². The van der Waals surface area contributed by atoms with Crippen molar-refractivity contribution in [2.75, 3.05) is 6.54 Å². The number of carbonyl (C=O) groups excluding carboxylic acids is 2. The van der Waals surface area contributed by atoms with E-state index in [4.69, 9.17) is 0 Å². The molecule has 0 aliphatic carbocycles. The first kappa shape index (κ1) is 16.0. The fraction of sp³-hybridized carbons (Fsp3) is 0.867. The van der Waals surface area contributed by atoms with E-state index < -0.39 is 0 Å². The Labute approximate surface area is 116 Å². The number of piperazine rings is 1. The molecule has 1 N–H and O–H groups in total. The molecule has 1 rings (SSSR count). The standard InChI is InChI=1S/C15H28N2O2/c1-5-7-8-9-12(4)17-10-13(18)16-14(15(17)19)11(3)6-2/h11-12,14H,5-10H2,1-4H3,(H,16,18). The summed E-state index contributed by atoms with van der Waals surface area (Å²) in [4.78, 5) is 26.0. The maximum absolute atomic E-state index is 12.5. The summed E-state index contributed by atoms with van der Waals surface area (Å²) in [5.41, 5.74) is 0. The Kier molecular flexibility index (Phi) is 6.32. The monoisotopic (exact) mass is 268 g/mol. The van der Waals surface area contributed by atoms with Gasteiger partial charge in [0.05, 0.1) is 6.54 Å². The van der Waals surface area contributed by atoms with Crippen LogP contribution in [-0.4, -0.2) is 35.3 Å². The van der Waals surface area contributed by atoms with Crippen LogP contribution in [0.3, 0.4) is 0 Å². The summed E-state index contributed by atoms with van der Waals surface area (Å²) in [6.07, 6.45) is 5.37. The second-order valence-electron chi connectivity index (χ2n) is 5.74. The normalized spacial score (nSPS) is 23.2. The largest absolute Gasteiger partial charge is 0.342 e. The van der Waals surface area contributed by atoms with E-state index in [-0.39, 0.29) is 36.4 Å². The molecule has 4 heteroatoms. The van der Waals surface area contributed by atoms with E-state index in [2.05, 4.69) is 19.2 Å². The van der Waals surface area contributed by atoms with Crippen molar-refractivity contribution in [3.63, 3.8) is 0 Å². The molecule has 110 valence electrons. The number of carbonyl (C=O) groups is 2. The smallest absolute Gasteiger partial charge is 0.246 e. The summed E-state index contributed by atoms with van der Waals surface area (Å²) >= 11 is 0. The highest BCUT2D eigenvalue weighted by atomic mass is 16.2. The predicted octanol–water partition coefficient (Wildman–Crippen LogP) is 2.33. The van der Waals surface area contributed by atoms with Crippen LogP contribution in [-0.2, 0) is 9.59 Å². The Morgan fingerprint density at radius 1 is 1.26 bits per heavy atom. The minimum absolute atomic E-state index is 0.0211. The first-order chi connectivity index (χ1) is 9.01. The molecule has 4 nitrogen and oxygen atoms in total. The minimum Gasteiger partial charge on any atom is -0.342 e. The molecule has 3 atom stereocenters. The molecule has 1 aliphatic rings. The fourth-order valence-corrected chi connectivity index (χ4v) is 2.53. The van der Waals surface area contributed by atoms with Crippen LogP contribution in [0.25, 0.3) is 0 Å². The maximum atomic E-state index is 12.5. The molecule has 1 heterocycles. The Morgan fingerprint density at radius 3 is 2.53 bits per heavy atom. The minimum atomic E-state index is -0.333. The Bertz CT molecular complexity index is 317. The average molecular weight is 268 g/mol. The zero-order valence-electron chi connectivity index (χ0n) is 12.7. The molecule has 19 heavy (non-hydrogen) atoms. The van der Waals surface area contributed by atoms with Gasteiger partial charge in [-0.2, -0.15) is 0 Å². The summed E-state index contributed by atoms with van der Waals surface area (Å²) in [5, 5.41) is 2.84. The first-order valence-electron chi connectivity index (χ1n) is 7.61. The van der Waals surface area contributed by atoms with Crippen LogP contribution in [0, 0.1) is 5.92 Å². The van der Waals surface area contributed by atoms with Gasteiger partial charge < -0.3 is 10.2 Å². The van der Waals surface area contributed by atoms with Gasteiger partial charge in [-0.05, 0) is 19.3 Å². The molecule has 1 aliphatic heterocycles. The van der Waals surface area contributed by atoms with Crippen LogP contribution in [0.4, 0.5) is 0 Å². The van der Waals surface area contributed by atoms with Crippen LogP contribution in [0.1, 0.15) is 59.8 Å². The van der Waals surface area contributed by atoms with Gasteiger partial charge in [-0.1, -0.05) is 46.5 Å². The van der Waals surface area contributed by atoms with E-state index in [0.717, 1.165) is 19.3 Å².